The Morgan fingerprint density at radius 3 is 1.93 bits per heavy atom. The third kappa shape index (κ3) is 4.42. The number of methoxy groups -OCH3 is 1. The number of ether oxygens (including phenoxy) is 1. The Balaban J connectivity index is 1.69. The molecule has 2 amide bonds. The second-order valence-corrected chi connectivity index (χ2v) is 5.89. The van der Waals surface area contributed by atoms with Crippen molar-refractivity contribution >= 4 is 29.2 Å². The number of hydrogen-bond donors (Lipinski definition) is 2. The number of amides is 2. The number of carbonyl (C=O) groups is 3. The molecule has 0 unspecified atom stereocenters. The second-order valence-electron chi connectivity index (χ2n) is 5.89. The Hall–Kier alpha value is -3.93. The van der Waals surface area contributed by atoms with E-state index in [9.17, 15) is 14.4 Å². The largest absolute Gasteiger partial charge is 0.465 e. The lowest BCUT2D eigenvalue weighted by Gasteiger charge is -2.10. The summed E-state index contributed by atoms with van der Waals surface area (Å²) in [6.45, 7) is 0. The summed E-state index contributed by atoms with van der Waals surface area (Å²) >= 11 is 0. The molecule has 3 aromatic carbocycles. The van der Waals surface area contributed by atoms with Crippen LogP contribution in [-0.2, 0) is 4.74 Å². The third-order valence-electron chi connectivity index (χ3n) is 4.02. The maximum Gasteiger partial charge on any atom is 0.339 e. The summed E-state index contributed by atoms with van der Waals surface area (Å²) in [4.78, 5) is 36.5. The number of rotatable bonds is 5. The van der Waals surface area contributed by atoms with Crippen LogP contribution in [0.2, 0.25) is 0 Å². The van der Waals surface area contributed by atoms with Crippen LogP contribution in [0.4, 0.5) is 11.4 Å². The van der Waals surface area contributed by atoms with Crippen LogP contribution in [0.25, 0.3) is 0 Å². The highest BCUT2D eigenvalue weighted by Gasteiger charge is 2.14. The van der Waals surface area contributed by atoms with Gasteiger partial charge in [-0.15, -0.1) is 0 Å². The highest BCUT2D eigenvalue weighted by atomic mass is 16.5. The third-order valence-corrected chi connectivity index (χ3v) is 4.02. The van der Waals surface area contributed by atoms with Crippen molar-refractivity contribution in [2.24, 2.45) is 0 Å². The van der Waals surface area contributed by atoms with Gasteiger partial charge >= 0.3 is 5.97 Å². The Morgan fingerprint density at radius 2 is 1.25 bits per heavy atom. The molecule has 0 aromatic heterocycles. The zero-order chi connectivity index (χ0) is 19.9. The zero-order valence-electron chi connectivity index (χ0n) is 15.1. The van der Waals surface area contributed by atoms with Gasteiger partial charge in [0.25, 0.3) is 11.8 Å². The van der Waals surface area contributed by atoms with Gasteiger partial charge in [-0.1, -0.05) is 30.3 Å². The first-order valence-electron chi connectivity index (χ1n) is 8.53. The second kappa shape index (κ2) is 8.64. The molecule has 2 N–H and O–H groups in total. The van der Waals surface area contributed by atoms with E-state index in [1.54, 1.807) is 72.8 Å². The molecule has 0 atom stereocenters. The smallest absolute Gasteiger partial charge is 0.339 e. The summed E-state index contributed by atoms with van der Waals surface area (Å²) in [5, 5.41) is 5.47. The van der Waals surface area contributed by atoms with Crippen molar-refractivity contribution in [2.75, 3.05) is 17.7 Å². The highest BCUT2D eigenvalue weighted by molar-refractivity contribution is 6.08. The van der Waals surface area contributed by atoms with E-state index in [0.29, 0.717) is 22.5 Å². The molecule has 0 bridgehead atoms. The van der Waals surface area contributed by atoms with E-state index in [4.69, 9.17) is 4.74 Å². The Labute approximate surface area is 162 Å². The van der Waals surface area contributed by atoms with Gasteiger partial charge in [-0.25, -0.2) is 4.79 Å². The van der Waals surface area contributed by atoms with Gasteiger partial charge < -0.3 is 15.4 Å². The molecule has 0 heterocycles. The number of carbonyl (C=O) groups excluding carboxylic acids is 3. The summed E-state index contributed by atoms with van der Waals surface area (Å²) in [7, 11) is 1.28. The quantitative estimate of drug-likeness (QED) is 0.662. The molecule has 0 aliphatic carbocycles. The average Bonchev–Trinajstić information content (AvgIpc) is 2.74. The number of esters is 1. The molecule has 6 heteroatoms. The first-order valence-corrected chi connectivity index (χ1v) is 8.53. The predicted molar refractivity (Wildman–Crippen MR) is 107 cm³/mol. The minimum Gasteiger partial charge on any atom is -0.465 e. The van der Waals surface area contributed by atoms with Gasteiger partial charge in [-0.3, -0.25) is 9.59 Å². The lowest BCUT2D eigenvalue weighted by Crippen LogP contribution is -2.16. The maximum absolute atomic E-state index is 12.5. The number of benzene rings is 3. The van der Waals surface area contributed by atoms with Crippen LogP contribution in [0, 0.1) is 0 Å². The Morgan fingerprint density at radius 1 is 0.679 bits per heavy atom. The van der Waals surface area contributed by atoms with Crippen LogP contribution >= 0.6 is 0 Å². The molecule has 0 fully saturated rings. The Bertz CT molecular complexity index is 999. The van der Waals surface area contributed by atoms with Gasteiger partial charge in [0, 0.05) is 16.8 Å². The summed E-state index contributed by atoms with van der Waals surface area (Å²) < 4.78 is 4.72. The van der Waals surface area contributed by atoms with Crippen molar-refractivity contribution in [3.05, 3.63) is 95.6 Å². The molecule has 6 nitrogen and oxygen atoms in total. The van der Waals surface area contributed by atoms with Crippen molar-refractivity contribution < 1.29 is 19.1 Å². The molecule has 0 saturated carbocycles. The van der Waals surface area contributed by atoms with Gasteiger partial charge in [0.2, 0.25) is 0 Å². The van der Waals surface area contributed by atoms with Crippen molar-refractivity contribution in [1.82, 2.24) is 0 Å². The van der Waals surface area contributed by atoms with Crippen LogP contribution in [0.1, 0.15) is 31.1 Å². The van der Waals surface area contributed by atoms with E-state index >= 15 is 0 Å². The van der Waals surface area contributed by atoms with Crippen LogP contribution in [0.5, 0.6) is 0 Å². The van der Waals surface area contributed by atoms with E-state index in [2.05, 4.69) is 10.6 Å². The minimum absolute atomic E-state index is 0.232. The van der Waals surface area contributed by atoms with Crippen LogP contribution < -0.4 is 10.6 Å². The minimum atomic E-state index is -0.533. The van der Waals surface area contributed by atoms with E-state index < -0.39 is 5.97 Å². The lowest BCUT2D eigenvalue weighted by molar-refractivity contribution is 0.0601. The first-order chi connectivity index (χ1) is 13.6. The molecule has 0 saturated heterocycles. The molecule has 28 heavy (non-hydrogen) atoms. The van der Waals surface area contributed by atoms with Gasteiger partial charge in [0.05, 0.1) is 18.4 Å². The first kappa shape index (κ1) is 18.8. The fourth-order valence-corrected chi connectivity index (χ4v) is 2.57. The van der Waals surface area contributed by atoms with E-state index in [1.807, 2.05) is 6.07 Å². The highest BCUT2D eigenvalue weighted by Crippen LogP contribution is 2.18. The van der Waals surface area contributed by atoms with Gasteiger partial charge in [0.15, 0.2) is 0 Å². The summed E-state index contributed by atoms with van der Waals surface area (Å²) in [6.07, 6.45) is 0. The number of anilines is 2. The fraction of sp³-hybridized carbons (Fsp3) is 0.0455. The predicted octanol–water partition coefficient (Wildman–Crippen LogP) is 3.98. The summed E-state index contributed by atoms with van der Waals surface area (Å²) in [5.74, 6) is -1.14. The summed E-state index contributed by atoms with van der Waals surface area (Å²) in [6, 6.07) is 21.9. The van der Waals surface area contributed by atoms with Crippen molar-refractivity contribution in [3.63, 3.8) is 0 Å². The maximum atomic E-state index is 12.5. The lowest BCUT2D eigenvalue weighted by atomic mass is 10.1. The fourth-order valence-electron chi connectivity index (χ4n) is 2.57. The number of nitrogens with one attached hydrogen (secondary N) is 2. The molecular weight excluding hydrogens is 356 g/mol. The van der Waals surface area contributed by atoms with Gasteiger partial charge in [-0.2, -0.15) is 0 Å². The van der Waals surface area contributed by atoms with Crippen LogP contribution in [0.3, 0.4) is 0 Å². The SMILES string of the molecule is COC(=O)c1ccccc1NC(=O)c1ccc(NC(=O)c2ccccc2)cc1. The standard InChI is InChI=1S/C22H18N2O4/c1-28-22(27)18-9-5-6-10-19(18)24-21(26)16-11-13-17(14-12-16)23-20(25)15-7-3-2-4-8-15/h2-14H,1H3,(H,23,25)(H,24,26). The van der Waals surface area contributed by atoms with Gasteiger partial charge in [0.1, 0.15) is 0 Å². The molecule has 3 rings (SSSR count). The van der Waals surface area contributed by atoms with Gasteiger partial charge in [-0.05, 0) is 48.5 Å². The molecule has 140 valence electrons. The van der Waals surface area contributed by atoms with E-state index in [1.165, 1.54) is 7.11 Å². The molecule has 3 aromatic rings. The Kier molecular flexibility index (Phi) is 5.81. The molecule has 0 spiro atoms. The number of hydrogen-bond acceptors (Lipinski definition) is 4. The molecular formula is C22H18N2O4. The average molecular weight is 374 g/mol. The molecule has 0 radical (unpaired) electrons. The zero-order valence-corrected chi connectivity index (χ0v) is 15.1. The monoisotopic (exact) mass is 374 g/mol. The van der Waals surface area contributed by atoms with Crippen molar-refractivity contribution in [3.8, 4) is 0 Å². The van der Waals surface area contributed by atoms with Crippen LogP contribution in [0.15, 0.2) is 78.9 Å². The molecule has 0 aliphatic heterocycles. The topological polar surface area (TPSA) is 84.5 Å². The number of para-hydroxylation sites is 1. The van der Waals surface area contributed by atoms with E-state index in [0.717, 1.165) is 0 Å². The van der Waals surface area contributed by atoms with Crippen LogP contribution in [-0.4, -0.2) is 24.9 Å². The summed E-state index contributed by atoms with van der Waals surface area (Å²) in [5.41, 5.74) is 2.13. The molecule has 0 aliphatic rings. The van der Waals surface area contributed by atoms with Crippen molar-refractivity contribution in [2.45, 2.75) is 0 Å². The van der Waals surface area contributed by atoms with Crippen molar-refractivity contribution in [1.29, 1.82) is 0 Å². The normalized spacial score (nSPS) is 10.0. The van der Waals surface area contributed by atoms with E-state index in [-0.39, 0.29) is 17.4 Å².